The van der Waals surface area contributed by atoms with Crippen LogP contribution in [0.1, 0.15) is 36.0 Å². The topological polar surface area (TPSA) is 65.6 Å². The largest absolute Gasteiger partial charge is 0.378 e. The van der Waals surface area contributed by atoms with E-state index in [4.69, 9.17) is 4.74 Å². The van der Waals surface area contributed by atoms with Crippen molar-refractivity contribution in [3.63, 3.8) is 0 Å². The van der Waals surface area contributed by atoms with Crippen molar-refractivity contribution in [2.45, 2.75) is 31.8 Å². The highest BCUT2D eigenvalue weighted by molar-refractivity contribution is 5.94. The molecule has 1 aromatic heterocycles. The number of nitrogens with one attached hydrogen (secondary N) is 1. The van der Waals surface area contributed by atoms with E-state index in [2.05, 4.69) is 4.98 Å². The quantitative estimate of drug-likeness (QED) is 0.893. The van der Waals surface area contributed by atoms with Gasteiger partial charge in [0, 0.05) is 57.0 Å². The average molecular weight is 331 g/mol. The summed E-state index contributed by atoms with van der Waals surface area (Å²) in [5, 5.41) is 0. The number of likely N-dealkylation sites (tertiary alicyclic amines) is 2. The van der Waals surface area contributed by atoms with Gasteiger partial charge in [0.05, 0.1) is 11.7 Å². The molecule has 24 heavy (non-hydrogen) atoms. The number of hydrogen-bond donors (Lipinski definition) is 1. The molecule has 0 aromatic carbocycles. The summed E-state index contributed by atoms with van der Waals surface area (Å²) >= 11 is 0. The fourth-order valence-electron chi connectivity index (χ4n) is 4.42. The minimum absolute atomic E-state index is 0.00340. The molecule has 3 atom stereocenters. The van der Waals surface area contributed by atoms with E-state index in [1.165, 1.54) is 0 Å². The van der Waals surface area contributed by atoms with Gasteiger partial charge in [-0.25, -0.2) is 0 Å². The molecule has 0 saturated carbocycles. The van der Waals surface area contributed by atoms with Crippen LogP contribution in [0.3, 0.4) is 0 Å². The number of aromatic nitrogens is 1. The van der Waals surface area contributed by atoms with E-state index in [0.29, 0.717) is 25.3 Å². The zero-order valence-electron chi connectivity index (χ0n) is 13.9. The van der Waals surface area contributed by atoms with Gasteiger partial charge in [-0.15, -0.1) is 0 Å². The summed E-state index contributed by atoms with van der Waals surface area (Å²) in [7, 11) is 0. The number of fused-ring (bicyclic) bond motifs is 1. The van der Waals surface area contributed by atoms with Gasteiger partial charge in [0.1, 0.15) is 0 Å². The van der Waals surface area contributed by atoms with Crippen molar-refractivity contribution in [3.8, 4) is 0 Å². The second kappa shape index (κ2) is 6.59. The van der Waals surface area contributed by atoms with Gasteiger partial charge in [-0.3, -0.25) is 9.59 Å². The van der Waals surface area contributed by atoms with Crippen molar-refractivity contribution in [1.82, 2.24) is 14.8 Å². The second-order valence-corrected chi connectivity index (χ2v) is 7.14. The Morgan fingerprint density at radius 1 is 1.12 bits per heavy atom. The van der Waals surface area contributed by atoms with Crippen LogP contribution < -0.4 is 0 Å². The van der Waals surface area contributed by atoms with Crippen molar-refractivity contribution in [2.75, 3.05) is 32.8 Å². The van der Waals surface area contributed by atoms with Crippen LogP contribution in [0.15, 0.2) is 18.5 Å². The van der Waals surface area contributed by atoms with Crippen LogP contribution in [0.25, 0.3) is 0 Å². The van der Waals surface area contributed by atoms with Gasteiger partial charge in [0.2, 0.25) is 5.91 Å². The number of rotatable bonds is 2. The third-order valence-corrected chi connectivity index (χ3v) is 5.74. The molecular weight excluding hydrogens is 306 g/mol. The summed E-state index contributed by atoms with van der Waals surface area (Å²) in [5.41, 5.74) is 0.688. The standard InChI is InChI=1S/C18H25N3O3/c22-17(13-3-6-19-11-13)21-9-4-16-15(12-21)14(5-10-24-16)18(23)20-7-1-2-8-20/h3,6,11,14-16,19H,1-2,4-5,7-10,12H2/t14-,15+,16-/m1/s1. The average Bonchev–Trinajstić information content (AvgIpc) is 3.32. The van der Waals surface area contributed by atoms with Crippen LogP contribution in [0.2, 0.25) is 0 Å². The Bertz CT molecular complexity index is 595. The molecule has 0 unspecified atom stereocenters. The summed E-state index contributed by atoms with van der Waals surface area (Å²) < 4.78 is 5.93. The Labute approximate surface area is 142 Å². The highest BCUT2D eigenvalue weighted by atomic mass is 16.5. The summed E-state index contributed by atoms with van der Waals surface area (Å²) in [6, 6.07) is 1.80. The first-order valence-corrected chi connectivity index (χ1v) is 9.06. The number of hydrogen-bond acceptors (Lipinski definition) is 3. The first kappa shape index (κ1) is 15.7. The predicted molar refractivity (Wildman–Crippen MR) is 88.5 cm³/mol. The number of aromatic amines is 1. The van der Waals surface area contributed by atoms with Gasteiger partial charge >= 0.3 is 0 Å². The lowest BCUT2D eigenvalue weighted by molar-refractivity contribution is -0.149. The van der Waals surface area contributed by atoms with E-state index in [1.54, 1.807) is 18.5 Å². The molecule has 130 valence electrons. The van der Waals surface area contributed by atoms with Crippen LogP contribution in [0, 0.1) is 11.8 Å². The lowest BCUT2D eigenvalue weighted by atomic mass is 9.78. The second-order valence-electron chi connectivity index (χ2n) is 7.14. The van der Waals surface area contributed by atoms with Gasteiger partial charge in [0.15, 0.2) is 0 Å². The minimum Gasteiger partial charge on any atom is -0.378 e. The van der Waals surface area contributed by atoms with Gasteiger partial charge in [-0.1, -0.05) is 0 Å². The maximum absolute atomic E-state index is 12.9. The van der Waals surface area contributed by atoms with E-state index in [0.717, 1.165) is 38.8 Å². The first-order chi connectivity index (χ1) is 11.7. The third kappa shape index (κ3) is 2.83. The molecule has 4 heterocycles. The highest BCUT2D eigenvalue weighted by Gasteiger charge is 2.44. The maximum atomic E-state index is 12.9. The van der Waals surface area contributed by atoms with Crippen LogP contribution in [0.5, 0.6) is 0 Å². The van der Waals surface area contributed by atoms with E-state index in [9.17, 15) is 9.59 Å². The Morgan fingerprint density at radius 3 is 2.71 bits per heavy atom. The predicted octanol–water partition coefficient (Wildman–Crippen LogP) is 1.50. The number of amides is 2. The van der Waals surface area contributed by atoms with Gasteiger partial charge in [-0.2, -0.15) is 0 Å². The zero-order chi connectivity index (χ0) is 16.5. The Hall–Kier alpha value is -1.82. The summed E-state index contributed by atoms with van der Waals surface area (Å²) in [6.07, 6.45) is 7.45. The lowest BCUT2D eigenvalue weighted by Gasteiger charge is -2.45. The number of carbonyl (C=O) groups is 2. The maximum Gasteiger partial charge on any atom is 0.255 e. The molecule has 1 aromatic rings. The van der Waals surface area contributed by atoms with E-state index >= 15 is 0 Å². The molecule has 0 bridgehead atoms. The van der Waals surface area contributed by atoms with Gasteiger partial charge in [0.25, 0.3) is 5.91 Å². The Balaban J connectivity index is 1.49. The van der Waals surface area contributed by atoms with Crippen molar-refractivity contribution in [3.05, 3.63) is 24.0 Å². The van der Waals surface area contributed by atoms with Crippen LogP contribution >= 0.6 is 0 Å². The molecule has 0 radical (unpaired) electrons. The number of H-pyrrole nitrogens is 1. The molecule has 0 aliphatic carbocycles. The fraction of sp³-hybridized carbons (Fsp3) is 0.667. The van der Waals surface area contributed by atoms with Crippen molar-refractivity contribution < 1.29 is 14.3 Å². The molecule has 2 amide bonds. The third-order valence-electron chi connectivity index (χ3n) is 5.74. The zero-order valence-corrected chi connectivity index (χ0v) is 13.9. The first-order valence-electron chi connectivity index (χ1n) is 9.06. The molecule has 6 nitrogen and oxygen atoms in total. The summed E-state index contributed by atoms with van der Waals surface area (Å²) in [5.74, 6) is 0.460. The Morgan fingerprint density at radius 2 is 1.96 bits per heavy atom. The molecule has 6 heteroatoms. The fourth-order valence-corrected chi connectivity index (χ4v) is 4.42. The molecule has 4 rings (SSSR count). The van der Waals surface area contributed by atoms with Crippen LogP contribution in [-0.2, 0) is 9.53 Å². The summed E-state index contributed by atoms with van der Waals surface area (Å²) in [4.78, 5) is 32.4. The molecule has 3 aliphatic rings. The monoisotopic (exact) mass is 331 g/mol. The molecule has 3 aliphatic heterocycles. The molecule has 1 N–H and O–H groups in total. The van der Waals surface area contributed by atoms with Crippen molar-refractivity contribution in [1.29, 1.82) is 0 Å². The number of nitrogens with zero attached hydrogens (tertiary/aromatic N) is 2. The SMILES string of the molecule is O=C(c1cc[nH]c1)N1CC[C@H]2OCC[C@@H](C(=O)N3CCCC3)[C@@H]2C1. The Kier molecular flexibility index (Phi) is 4.31. The summed E-state index contributed by atoms with van der Waals surface area (Å²) in [6.45, 7) is 3.77. The van der Waals surface area contributed by atoms with Gasteiger partial charge in [-0.05, 0) is 31.7 Å². The molecule has 3 saturated heterocycles. The minimum atomic E-state index is 0.00340. The highest BCUT2D eigenvalue weighted by Crippen LogP contribution is 2.35. The van der Waals surface area contributed by atoms with Gasteiger partial charge < -0.3 is 19.5 Å². The van der Waals surface area contributed by atoms with E-state index in [-0.39, 0.29) is 29.8 Å². The lowest BCUT2D eigenvalue weighted by Crippen LogP contribution is -2.54. The smallest absolute Gasteiger partial charge is 0.255 e. The number of carbonyl (C=O) groups excluding carboxylic acids is 2. The number of ether oxygens (including phenoxy) is 1. The van der Waals surface area contributed by atoms with Crippen LogP contribution in [0.4, 0.5) is 0 Å². The number of piperidine rings is 1. The van der Waals surface area contributed by atoms with E-state index in [1.807, 2.05) is 9.80 Å². The molecule has 0 spiro atoms. The van der Waals surface area contributed by atoms with E-state index < -0.39 is 0 Å². The normalized spacial score (nSPS) is 30.2. The van der Waals surface area contributed by atoms with Crippen molar-refractivity contribution in [2.24, 2.45) is 11.8 Å². The van der Waals surface area contributed by atoms with Crippen LogP contribution in [-0.4, -0.2) is 65.5 Å². The molecular formula is C18H25N3O3. The molecule has 3 fully saturated rings. The van der Waals surface area contributed by atoms with Crippen molar-refractivity contribution >= 4 is 11.8 Å².